The predicted molar refractivity (Wildman–Crippen MR) is 120 cm³/mol. The van der Waals surface area contributed by atoms with Crippen molar-refractivity contribution >= 4 is 27.7 Å². The molecule has 31 heavy (non-hydrogen) atoms. The van der Waals surface area contributed by atoms with Gasteiger partial charge in [-0.25, -0.2) is 0 Å². The van der Waals surface area contributed by atoms with Crippen LogP contribution in [-0.2, 0) is 11.3 Å². The van der Waals surface area contributed by atoms with E-state index >= 15 is 0 Å². The number of fused-ring (bicyclic) bond motifs is 13. The zero-order valence-corrected chi connectivity index (χ0v) is 17.4. The molecule has 3 atom stereocenters. The standard InChI is InChI=1S/C27H22N2O2/c1-27-12-6-11-19(31-27)29-18-10-5-4-9-16(18)20-17-13-28-26(30)22(17)21-14-7-2-3-8-15(14)24(27)23(21)25(20)29/h2-5,7-10,19,24H,6,11-13H2,1H3,(H,28,30)/t19-,24-,27+/m1/s1. The number of nitrogens with zero attached hydrogens (tertiary/aromatic N) is 1. The first-order valence-corrected chi connectivity index (χ1v) is 11.3. The third kappa shape index (κ3) is 1.74. The van der Waals surface area contributed by atoms with Gasteiger partial charge >= 0.3 is 0 Å². The molecule has 4 aromatic rings. The van der Waals surface area contributed by atoms with Crippen molar-refractivity contribution in [3.63, 3.8) is 0 Å². The molecular formula is C27H22N2O2. The molecule has 0 spiro atoms. The normalized spacial score (nSPS) is 27.3. The number of hydrogen-bond acceptors (Lipinski definition) is 2. The number of para-hydroxylation sites is 1. The van der Waals surface area contributed by atoms with Crippen LogP contribution in [0.4, 0.5) is 0 Å². The minimum absolute atomic E-state index is 0.0335. The largest absolute Gasteiger partial charge is 0.351 e. The summed E-state index contributed by atoms with van der Waals surface area (Å²) < 4.78 is 9.46. The van der Waals surface area contributed by atoms with E-state index in [1.54, 1.807) is 0 Å². The van der Waals surface area contributed by atoms with E-state index in [2.05, 4.69) is 65.3 Å². The first-order chi connectivity index (χ1) is 15.2. The summed E-state index contributed by atoms with van der Waals surface area (Å²) in [6, 6.07) is 17.3. The van der Waals surface area contributed by atoms with Crippen molar-refractivity contribution in [1.82, 2.24) is 9.88 Å². The fourth-order valence-corrected chi connectivity index (χ4v) is 7.12. The number of carbonyl (C=O) groups is 1. The fraction of sp³-hybridized carbons (Fsp3) is 0.296. The summed E-state index contributed by atoms with van der Waals surface area (Å²) in [5.74, 6) is 0.210. The van der Waals surface area contributed by atoms with Crippen molar-refractivity contribution in [1.29, 1.82) is 0 Å². The lowest BCUT2D eigenvalue weighted by molar-refractivity contribution is -0.150. The van der Waals surface area contributed by atoms with Gasteiger partial charge in [-0.05, 0) is 54.5 Å². The number of amides is 1. The maximum absolute atomic E-state index is 13.2. The van der Waals surface area contributed by atoms with Crippen LogP contribution < -0.4 is 5.32 Å². The first kappa shape index (κ1) is 16.6. The lowest BCUT2D eigenvalue weighted by Crippen LogP contribution is -2.40. The number of nitrogens with one attached hydrogen (secondary N) is 1. The van der Waals surface area contributed by atoms with Gasteiger partial charge in [-0.15, -0.1) is 0 Å². The Morgan fingerprint density at radius 2 is 1.94 bits per heavy atom. The molecule has 1 amide bonds. The van der Waals surface area contributed by atoms with Crippen molar-refractivity contribution in [2.45, 2.75) is 50.5 Å². The molecule has 8 rings (SSSR count). The fourth-order valence-electron chi connectivity index (χ4n) is 7.12. The van der Waals surface area contributed by atoms with Gasteiger partial charge in [-0.1, -0.05) is 42.5 Å². The van der Waals surface area contributed by atoms with Crippen molar-refractivity contribution in [3.8, 4) is 11.1 Å². The number of carbonyl (C=O) groups excluding carboxylic acids is 1. The average Bonchev–Trinajstić information content (AvgIpc) is 3.41. The third-order valence-corrected chi connectivity index (χ3v) is 8.20. The quantitative estimate of drug-likeness (QED) is 0.412. The molecule has 1 aromatic heterocycles. The van der Waals surface area contributed by atoms with Crippen LogP contribution in [0, 0.1) is 0 Å². The van der Waals surface area contributed by atoms with Gasteiger partial charge < -0.3 is 14.6 Å². The summed E-state index contributed by atoms with van der Waals surface area (Å²) in [4.78, 5) is 13.2. The van der Waals surface area contributed by atoms with Gasteiger partial charge in [0.05, 0.1) is 22.2 Å². The number of aromatic nitrogens is 1. The maximum Gasteiger partial charge on any atom is 0.252 e. The molecule has 4 heterocycles. The molecule has 4 heteroatoms. The Kier molecular flexibility index (Phi) is 2.78. The van der Waals surface area contributed by atoms with Crippen LogP contribution >= 0.6 is 0 Å². The topological polar surface area (TPSA) is 43.3 Å². The van der Waals surface area contributed by atoms with Crippen LogP contribution in [0.3, 0.4) is 0 Å². The second-order valence-corrected chi connectivity index (χ2v) is 9.73. The Balaban J connectivity index is 1.70. The second kappa shape index (κ2) is 5.20. The van der Waals surface area contributed by atoms with E-state index in [0.717, 1.165) is 36.0 Å². The zero-order valence-electron chi connectivity index (χ0n) is 17.4. The van der Waals surface area contributed by atoms with E-state index in [-0.39, 0.29) is 23.7 Å². The van der Waals surface area contributed by atoms with Crippen LogP contribution in [-0.4, -0.2) is 16.1 Å². The highest BCUT2D eigenvalue weighted by molar-refractivity contribution is 6.20. The van der Waals surface area contributed by atoms with Crippen LogP contribution in [0.5, 0.6) is 0 Å². The first-order valence-electron chi connectivity index (χ1n) is 11.3. The molecule has 3 aromatic carbocycles. The number of benzene rings is 3. The zero-order chi connectivity index (χ0) is 20.5. The lowest BCUT2D eigenvalue weighted by atomic mass is 9.76. The molecule has 4 aliphatic rings. The average molecular weight is 406 g/mol. The Bertz CT molecular complexity index is 1500. The van der Waals surface area contributed by atoms with Crippen LogP contribution in [0.2, 0.25) is 0 Å². The van der Waals surface area contributed by atoms with Crippen LogP contribution in [0.1, 0.15) is 65.4 Å². The lowest BCUT2D eigenvalue weighted by Gasteiger charge is -2.41. The molecule has 0 radical (unpaired) electrons. The molecule has 1 fully saturated rings. The summed E-state index contributed by atoms with van der Waals surface area (Å²) in [6.45, 7) is 2.89. The van der Waals surface area contributed by atoms with E-state index < -0.39 is 0 Å². The molecule has 3 aliphatic heterocycles. The van der Waals surface area contributed by atoms with E-state index in [0.29, 0.717) is 6.54 Å². The van der Waals surface area contributed by atoms with E-state index in [9.17, 15) is 4.79 Å². The number of ether oxygens (including phenoxy) is 1. The molecule has 4 nitrogen and oxygen atoms in total. The van der Waals surface area contributed by atoms with E-state index in [1.807, 2.05) is 0 Å². The molecule has 152 valence electrons. The van der Waals surface area contributed by atoms with Crippen molar-refractivity contribution in [2.24, 2.45) is 0 Å². The van der Waals surface area contributed by atoms with Crippen LogP contribution in [0.25, 0.3) is 32.9 Å². The maximum atomic E-state index is 13.2. The number of hydrogen-bond donors (Lipinski definition) is 1. The molecular weight excluding hydrogens is 384 g/mol. The monoisotopic (exact) mass is 406 g/mol. The van der Waals surface area contributed by atoms with E-state index in [1.165, 1.54) is 38.5 Å². The van der Waals surface area contributed by atoms with Gasteiger partial charge in [0.25, 0.3) is 5.91 Å². The van der Waals surface area contributed by atoms with E-state index in [4.69, 9.17) is 4.74 Å². The van der Waals surface area contributed by atoms with Gasteiger partial charge in [-0.3, -0.25) is 4.79 Å². The van der Waals surface area contributed by atoms with Gasteiger partial charge in [0.15, 0.2) is 0 Å². The Morgan fingerprint density at radius 1 is 1.10 bits per heavy atom. The Hall–Kier alpha value is -3.11. The summed E-state index contributed by atoms with van der Waals surface area (Å²) in [7, 11) is 0. The highest BCUT2D eigenvalue weighted by Crippen LogP contribution is 2.61. The summed E-state index contributed by atoms with van der Waals surface area (Å²) in [5.41, 5.74) is 9.28. The smallest absolute Gasteiger partial charge is 0.252 e. The second-order valence-electron chi connectivity index (χ2n) is 9.73. The highest BCUT2D eigenvalue weighted by atomic mass is 16.5. The minimum Gasteiger partial charge on any atom is -0.351 e. The summed E-state index contributed by atoms with van der Waals surface area (Å²) in [5, 5.41) is 5.63. The molecule has 2 bridgehead atoms. The molecule has 0 unspecified atom stereocenters. The Morgan fingerprint density at radius 3 is 2.87 bits per heavy atom. The SMILES string of the molecule is C[C@@]12CCC[C@@H](O1)n1c3ccccc3c3c4c(c5c(c31)[C@H]2c1ccccc1-5)C(=O)NC4. The summed E-state index contributed by atoms with van der Waals surface area (Å²) >= 11 is 0. The van der Waals surface area contributed by atoms with Gasteiger partial charge in [0, 0.05) is 28.8 Å². The molecule has 1 N–H and O–H groups in total. The molecule has 1 aliphatic carbocycles. The summed E-state index contributed by atoms with van der Waals surface area (Å²) in [6.07, 6.45) is 3.25. The minimum atomic E-state index is -0.277. The van der Waals surface area contributed by atoms with Gasteiger partial charge in [-0.2, -0.15) is 0 Å². The van der Waals surface area contributed by atoms with Crippen molar-refractivity contribution in [3.05, 3.63) is 70.8 Å². The van der Waals surface area contributed by atoms with Crippen molar-refractivity contribution in [2.75, 3.05) is 0 Å². The highest BCUT2D eigenvalue weighted by Gasteiger charge is 2.52. The number of rotatable bonds is 0. The van der Waals surface area contributed by atoms with Crippen LogP contribution in [0.15, 0.2) is 48.5 Å². The Labute approximate surface area is 179 Å². The van der Waals surface area contributed by atoms with Gasteiger partial charge in [0.2, 0.25) is 0 Å². The molecule has 0 saturated carbocycles. The predicted octanol–water partition coefficient (Wildman–Crippen LogP) is 5.62. The van der Waals surface area contributed by atoms with Gasteiger partial charge in [0.1, 0.15) is 6.23 Å². The van der Waals surface area contributed by atoms with Crippen molar-refractivity contribution < 1.29 is 9.53 Å². The molecule has 1 saturated heterocycles. The third-order valence-electron chi connectivity index (χ3n) is 8.20.